The van der Waals surface area contributed by atoms with Gasteiger partial charge < -0.3 is 43.6 Å². The summed E-state index contributed by atoms with van der Waals surface area (Å²) < 4.78 is 63.8. The summed E-state index contributed by atoms with van der Waals surface area (Å²) in [6.45, 7) is 3.88. The van der Waals surface area contributed by atoms with Crippen molar-refractivity contribution in [2.75, 3.05) is 0 Å². The first-order valence-electron chi connectivity index (χ1n) is 10.1. The highest BCUT2D eigenvalue weighted by Gasteiger charge is 2.62. The van der Waals surface area contributed by atoms with Crippen LogP contribution in [-0.2, 0) is 55.9 Å². The van der Waals surface area contributed by atoms with Crippen LogP contribution < -0.4 is 0 Å². The van der Waals surface area contributed by atoms with E-state index in [1.54, 1.807) is 0 Å². The highest BCUT2D eigenvalue weighted by molar-refractivity contribution is 7.47. The fourth-order valence-corrected chi connectivity index (χ4v) is 4.74. The van der Waals surface area contributed by atoms with Gasteiger partial charge in [-0.1, -0.05) is 20.8 Å². The SMILES string of the molecule is CCC(=O)OC1[C@@H](OC(=O)CC)[C@@H](OP(=O)(O)O)C(OP(=O)(O)O)[C@H](OP(=O)(O)O)[C@H]1OC(=O)CC. The van der Waals surface area contributed by atoms with Crippen LogP contribution in [0.2, 0.25) is 0 Å². The highest BCUT2D eigenvalue weighted by Crippen LogP contribution is 2.51. The van der Waals surface area contributed by atoms with Gasteiger partial charge in [0.25, 0.3) is 0 Å². The Kier molecular flexibility index (Phi) is 11.8. The summed E-state index contributed by atoms with van der Waals surface area (Å²) >= 11 is 0. The largest absolute Gasteiger partial charge is 0.470 e. The van der Waals surface area contributed by atoms with Crippen LogP contribution in [0.3, 0.4) is 0 Å². The number of ether oxygens (including phenoxy) is 3. The molecule has 6 N–H and O–H groups in total. The minimum absolute atomic E-state index is 0.351. The van der Waals surface area contributed by atoms with Gasteiger partial charge in [0.1, 0.15) is 18.3 Å². The molecule has 36 heavy (non-hydrogen) atoms. The van der Waals surface area contributed by atoms with Gasteiger partial charge in [0.15, 0.2) is 18.3 Å². The van der Waals surface area contributed by atoms with Gasteiger partial charge in [-0.05, 0) is 0 Å². The van der Waals surface area contributed by atoms with Crippen LogP contribution in [0.5, 0.6) is 0 Å². The predicted octanol–water partition coefficient (Wildman–Crippen LogP) is -0.601. The standard InChI is InChI=1S/C15H27O18P3/c1-4-7(16)28-10-11(29-8(17)5-2)13(31-34(19,20)21)15(33-36(25,26)27)14(32-35(22,23)24)12(10)30-9(18)6-3/h10-15H,4-6H2,1-3H3,(H2,19,20,21)(H2,22,23,24)(H2,25,26,27)/t10?,11-,12+,13-,14-,15?/m1/s1. The first-order chi connectivity index (χ1) is 16.3. The second kappa shape index (κ2) is 13.0. The van der Waals surface area contributed by atoms with Crippen LogP contribution in [0.4, 0.5) is 0 Å². The van der Waals surface area contributed by atoms with Crippen molar-refractivity contribution in [2.24, 2.45) is 0 Å². The Labute approximate surface area is 203 Å². The summed E-state index contributed by atoms with van der Waals surface area (Å²) in [7, 11) is -17.0. The summed E-state index contributed by atoms with van der Waals surface area (Å²) in [6, 6.07) is 0. The number of phosphoric ester groups is 3. The number of esters is 3. The molecule has 0 aromatic rings. The molecule has 0 aromatic carbocycles. The fraction of sp³-hybridized carbons (Fsp3) is 0.800. The lowest BCUT2D eigenvalue weighted by atomic mass is 9.84. The maximum Gasteiger partial charge on any atom is 0.470 e. The molecule has 18 nitrogen and oxygen atoms in total. The molecule has 1 aliphatic rings. The predicted molar refractivity (Wildman–Crippen MR) is 111 cm³/mol. The number of hydrogen-bond acceptors (Lipinski definition) is 12. The minimum atomic E-state index is -5.68. The van der Waals surface area contributed by atoms with E-state index in [1.807, 2.05) is 0 Å². The van der Waals surface area contributed by atoms with Crippen molar-refractivity contribution in [1.29, 1.82) is 0 Å². The monoisotopic (exact) mass is 588 g/mol. The van der Waals surface area contributed by atoms with Crippen LogP contribution in [0.1, 0.15) is 40.0 Å². The smallest absolute Gasteiger partial charge is 0.455 e. The molecule has 0 spiro atoms. The molecule has 1 rings (SSSR count). The third-order valence-electron chi connectivity index (χ3n) is 4.39. The lowest BCUT2D eigenvalue weighted by Crippen LogP contribution is -2.67. The second-order valence-electron chi connectivity index (χ2n) is 7.11. The fourth-order valence-electron chi connectivity index (χ4n) is 3.06. The summed E-state index contributed by atoms with van der Waals surface area (Å²) in [5, 5.41) is 0. The Hall–Kier alpha value is -1.26. The van der Waals surface area contributed by atoms with Gasteiger partial charge in [-0.3, -0.25) is 28.0 Å². The van der Waals surface area contributed by atoms with Crippen molar-refractivity contribution in [3.8, 4) is 0 Å². The van der Waals surface area contributed by atoms with Gasteiger partial charge in [0, 0.05) is 19.3 Å². The molecule has 6 atom stereocenters. The Morgan fingerprint density at radius 2 is 0.694 bits per heavy atom. The molecule has 0 radical (unpaired) electrons. The molecule has 1 saturated carbocycles. The molecule has 0 aromatic heterocycles. The Balaban J connectivity index is 3.93. The van der Waals surface area contributed by atoms with Gasteiger partial charge in [0.2, 0.25) is 0 Å². The maximum absolute atomic E-state index is 12.1. The zero-order valence-electron chi connectivity index (χ0n) is 19.0. The van der Waals surface area contributed by atoms with E-state index in [9.17, 15) is 57.4 Å². The molecule has 0 aliphatic heterocycles. The third-order valence-corrected chi connectivity index (χ3v) is 5.94. The minimum Gasteiger partial charge on any atom is -0.455 e. The molecule has 210 valence electrons. The molecule has 2 unspecified atom stereocenters. The molecule has 0 amide bonds. The average Bonchev–Trinajstić information content (AvgIpc) is 2.72. The van der Waals surface area contributed by atoms with Gasteiger partial charge in [-0.25, -0.2) is 13.7 Å². The Bertz CT molecular complexity index is 880. The molecule has 21 heteroatoms. The van der Waals surface area contributed by atoms with Crippen LogP contribution >= 0.6 is 23.5 Å². The van der Waals surface area contributed by atoms with E-state index in [2.05, 4.69) is 13.6 Å². The summed E-state index contributed by atoms with van der Waals surface area (Å²) in [4.78, 5) is 92.6. The average molecular weight is 588 g/mol. The lowest BCUT2D eigenvalue weighted by Gasteiger charge is -2.47. The third kappa shape index (κ3) is 10.6. The first-order valence-corrected chi connectivity index (χ1v) is 14.7. The van der Waals surface area contributed by atoms with Crippen LogP contribution in [0.25, 0.3) is 0 Å². The number of hydrogen-bond donors (Lipinski definition) is 6. The molecule has 0 bridgehead atoms. The summed E-state index contributed by atoms with van der Waals surface area (Å²) in [5.41, 5.74) is 0. The Morgan fingerprint density at radius 3 is 0.889 bits per heavy atom. The van der Waals surface area contributed by atoms with E-state index in [4.69, 9.17) is 14.2 Å². The first kappa shape index (κ1) is 32.8. The second-order valence-corrected chi connectivity index (χ2v) is 10.7. The van der Waals surface area contributed by atoms with Crippen LogP contribution in [-0.4, -0.2) is 83.9 Å². The zero-order chi connectivity index (χ0) is 28.1. The van der Waals surface area contributed by atoms with E-state index >= 15 is 0 Å². The van der Waals surface area contributed by atoms with Gasteiger partial charge in [-0.2, -0.15) is 0 Å². The van der Waals surface area contributed by atoms with Crippen molar-refractivity contribution >= 4 is 41.4 Å². The van der Waals surface area contributed by atoms with E-state index in [0.29, 0.717) is 0 Å². The lowest BCUT2D eigenvalue weighted by molar-refractivity contribution is -0.240. The molecular formula is C15H27O18P3. The number of carbonyl (C=O) groups is 3. The number of phosphoric acid groups is 3. The number of rotatable bonds is 12. The summed E-state index contributed by atoms with van der Waals surface area (Å²) in [6.07, 6.45) is -15.1. The molecule has 0 saturated heterocycles. The highest BCUT2D eigenvalue weighted by atomic mass is 31.2. The Morgan fingerprint density at radius 1 is 0.500 bits per heavy atom. The molecular weight excluding hydrogens is 561 g/mol. The van der Waals surface area contributed by atoms with Crippen molar-refractivity contribution in [1.82, 2.24) is 0 Å². The zero-order valence-corrected chi connectivity index (χ0v) is 21.7. The quantitative estimate of drug-likeness (QED) is 0.0942. The van der Waals surface area contributed by atoms with E-state index < -0.39 is 78.0 Å². The van der Waals surface area contributed by atoms with E-state index in [-0.39, 0.29) is 19.3 Å². The maximum atomic E-state index is 12.1. The van der Waals surface area contributed by atoms with Gasteiger partial charge >= 0.3 is 41.4 Å². The normalized spacial score (nSPS) is 27.2. The van der Waals surface area contributed by atoms with Gasteiger partial charge in [-0.15, -0.1) is 0 Å². The van der Waals surface area contributed by atoms with Crippen LogP contribution in [0, 0.1) is 0 Å². The van der Waals surface area contributed by atoms with Crippen molar-refractivity contribution in [3.63, 3.8) is 0 Å². The van der Waals surface area contributed by atoms with Crippen molar-refractivity contribution in [3.05, 3.63) is 0 Å². The van der Waals surface area contributed by atoms with E-state index in [1.165, 1.54) is 20.8 Å². The van der Waals surface area contributed by atoms with Crippen LogP contribution in [0.15, 0.2) is 0 Å². The van der Waals surface area contributed by atoms with Crippen molar-refractivity contribution in [2.45, 2.75) is 76.7 Å². The molecule has 1 fully saturated rings. The van der Waals surface area contributed by atoms with Gasteiger partial charge in [0.05, 0.1) is 0 Å². The topological polar surface area (TPSA) is 279 Å². The van der Waals surface area contributed by atoms with E-state index in [0.717, 1.165) is 0 Å². The van der Waals surface area contributed by atoms with Crippen molar-refractivity contribution < 1.29 is 85.2 Å². The molecule has 1 aliphatic carbocycles. The summed E-state index contributed by atoms with van der Waals surface area (Å²) in [5.74, 6) is -3.29. The number of carbonyl (C=O) groups excluding carboxylic acids is 3. The molecule has 0 heterocycles.